The maximum atomic E-state index is 12.3. The summed E-state index contributed by atoms with van der Waals surface area (Å²) in [4.78, 5) is 23.8. The van der Waals surface area contributed by atoms with Gasteiger partial charge in [-0.25, -0.2) is 0 Å². The van der Waals surface area contributed by atoms with Crippen LogP contribution in [0.25, 0.3) is 0 Å². The summed E-state index contributed by atoms with van der Waals surface area (Å²) in [6.07, 6.45) is 8.96. The van der Waals surface area contributed by atoms with E-state index >= 15 is 0 Å². The first kappa shape index (κ1) is 23.1. The van der Waals surface area contributed by atoms with Crippen molar-refractivity contribution in [1.29, 1.82) is 0 Å². The Balaban J connectivity index is 0.00000676. The van der Waals surface area contributed by atoms with Crippen molar-refractivity contribution in [1.82, 2.24) is 5.32 Å². The zero-order valence-corrected chi connectivity index (χ0v) is 17.5. The van der Waals surface area contributed by atoms with Gasteiger partial charge in [-0.2, -0.15) is 0 Å². The average Bonchev–Trinajstić information content (AvgIpc) is 2.64. The van der Waals surface area contributed by atoms with E-state index in [4.69, 9.17) is 4.74 Å². The highest BCUT2D eigenvalue weighted by atomic mass is 16.5. The first-order valence-electron chi connectivity index (χ1n) is 10.8. The molecule has 1 aliphatic carbocycles. The SMILES string of the molecule is CCC(C)COCC1CCC(C(=O)NCCCCCC(=O)C(C)C)CC1.[HH]. The molecule has 1 amide bonds. The van der Waals surface area contributed by atoms with E-state index in [1.165, 1.54) is 6.42 Å². The van der Waals surface area contributed by atoms with Gasteiger partial charge >= 0.3 is 0 Å². The van der Waals surface area contributed by atoms with Crippen LogP contribution in [0.3, 0.4) is 0 Å². The molecular weight excluding hydrogens is 326 g/mol. The van der Waals surface area contributed by atoms with E-state index in [2.05, 4.69) is 19.2 Å². The molecule has 1 aliphatic rings. The van der Waals surface area contributed by atoms with E-state index in [1.807, 2.05) is 13.8 Å². The topological polar surface area (TPSA) is 55.4 Å². The number of unbranched alkanes of at least 4 members (excludes halogenated alkanes) is 2. The second-order valence-electron chi connectivity index (χ2n) is 8.49. The van der Waals surface area contributed by atoms with Crippen LogP contribution in [0.2, 0.25) is 0 Å². The summed E-state index contributed by atoms with van der Waals surface area (Å²) in [5, 5.41) is 3.09. The Morgan fingerprint density at radius 2 is 1.77 bits per heavy atom. The van der Waals surface area contributed by atoms with Gasteiger partial charge in [0.15, 0.2) is 0 Å². The Morgan fingerprint density at radius 3 is 2.38 bits per heavy atom. The predicted molar refractivity (Wildman–Crippen MR) is 109 cm³/mol. The lowest BCUT2D eigenvalue weighted by molar-refractivity contribution is -0.126. The fourth-order valence-electron chi connectivity index (χ4n) is 3.39. The molecular formula is C22H43NO3. The van der Waals surface area contributed by atoms with Gasteiger partial charge in [-0.1, -0.05) is 40.5 Å². The Hall–Kier alpha value is -0.900. The standard InChI is InChI=1S/C22H41NO3.H2/c1-5-18(4)15-26-16-19-10-12-20(13-11-19)22(25)23-14-8-6-7-9-21(24)17(2)3;/h17-20H,5-16H2,1-4H3,(H,23,25);1H. The minimum atomic E-state index is 0. The van der Waals surface area contributed by atoms with Gasteiger partial charge in [-0.3, -0.25) is 9.59 Å². The van der Waals surface area contributed by atoms with E-state index in [-0.39, 0.29) is 19.2 Å². The molecule has 4 heteroatoms. The molecule has 26 heavy (non-hydrogen) atoms. The molecule has 154 valence electrons. The van der Waals surface area contributed by atoms with Gasteiger partial charge in [0.1, 0.15) is 5.78 Å². The Morgan fingerprint density at radius 1 is 1.08 bits per heavy atom. The van der Waals surface area contributed by atoms with Crippen LogP contribution in [0.1, 0.15) is 86.9 Å². The van der Waals surface area contributed by atoms with E-state index in [1.54, 1.807) is 0 Å². The van der Waals surface area contributed by atoms with Gasteiger partial charge < -0.3 is 10.1 Å². The number of ether oxygens (including phenoxy) is 1. The largest absolute Gasteiger partial charge is 0.381 e. The normalized spacial score (nSPS) is 21.6. The molecule has 0 aliphatic heterocycles. The molecule has 1 N–H and O–H groups in total. The summed E-state index contributed by atoms with van der Waals surface area (Å²) in [6, 6.07) is 0. The maximum Gasteiger partial charge on any atom is 0.223 e. The molecule has 0 bridgehead atoms. The summed E-state index contributed by atoms with van der Waals surface area (Å²) in [6.45, 7) is 10.8. The molecule has 0 heterocycles. The zero-order chi connectivity index (χ0) is 19.4. The second kappa shape index (κ2) is 13.3. The van der Waals surface area contributed by atoms with Crippen LogP contribution >= 0.6 is 0 Å². The van der Waals surface area contributed by atoms with Crippen LogP contribution in [0.15, 0.2) is 0 Å². The highest BCUT2D eigenvalue weighted by molar-refractivity contribution is 5.80. The third kappa shape index (κ3) is 9.70. The molecule has 1 fully saturated rings. The lowest BCUT2D eigenvalue weighted by Crippen LogP contribution is -2.34. The van der Waals surface area contributed by atoms with Gasteiger partial charge in [-0.15, -0.1) is 0 Å². The fraction of sp³-hybridized carbons (Fsp3) is 0.909. The summed E-state index contributed by atoms with van der Waals surface area (Å²) in [5.41, 5.74) is 0. The molecule has 0 aromatic heterocycles. The minimum absolute atomic E-state index is 0. The van der Waals surface area contributed by atoms with Gasteiger partial charge in [0, 0.05) is 39.4 Å². The van der Waals surface area contributed by atoms with Crippen LogP contribution in [-0.4, -0.2) is 31.4 Å². The van der Waals surface area contributed by atoms with Gasteiger partial charge in [0.05, 0.1) is 0 Å². The molecule has 4 nitrogen and oxygen atoms in total. The summed E-state index contributed by atoms with van der Waals surface area (Å²) >= 11 is 0. The molecule has 1 unspecified atom stereocenters. The van der Waals surface area contributed by atoms with Crippen LogP contribution < -0.4 is 5.32 Å². The molecule has 1 saturated carbocycles. The van der Waals surface area contributed by atoms with Gasteiger partial charge in [0.2, 0.25) is 5.91 Å². The van der Waals surface area contributed by atoms with Crippen molar-refractivity contribution in [2.24, 2.45) is 23.7 Å². The quantitative estimate of drug-likeness (QED) is 0.465. The Kier molecular flexibility index (Phi) is 11.8. The lowest BCUT2D eigenvalue weighted by Gasteiger charge is -2.28. The Labute approximate surface area is 162 Å². The lowest BCUT2D eigenvalue weighted by atomic mass is 9.82. The number of amides is 1. The van der Waals surface area contributed by atoms with E-state index in [0.717, 1.165) is 64.7 Å². The van der Waals surface area contributed by atoms with E-state index in [0.29, 0.717) is 24.0 Å². The summed E-state index contributed by atoms with van der Waals surface area (Å²) in [7, 11) is 0. The van der Waals surface area contributed by atoms with Crippen molar-refractivity contribution >= 4 is 11.7 Å². The van der Waals surface area contributed by atoms with Gasteiger partial charge in [0.25, 0.3) is 0 Å². The van der Waals surface area contributed by atoms with Crippen molar-refractivity contribution in [2.45, 2.75) is 85.5 Å². The third-order valence-corrected chi connectivity index (χ3v) is 5.71. The third-order valence-electron chi connectivity index (χ3n) is 5.71. The summed E-state index contributed by atoms with van der Waals surface area (Å²) in [5.74, 6) is 2.16. The number of nitrogens with one attached hydrogen (secondary N) is 1. The number of hydrogen-bond acceptors (Lipinski definition) is 3. The van der Waals surface area contributed by atoms with Crippen LogP contribution in [0, 0.1) is 23.7 Å². The van der Waals surface area contributed by atoms with E-state index < -0.39 is 0 Å². The predicted octanol–water partition coefficient (Wildman–Crippen LogP) is 5.00. The monoisotopic (exact) mass is 369 g/mol. The zero-order valence-electron chi connectivity index (χ0n) is 17.5. The molecule has 0 saturated heterocycles. The molecule has 1 atom stereocenters. The van der Waals surface area contributed by atoms with Crippen molar-refractivity contribution in [3.8, 4) is 0 Å². The highest BCUT2D eigenvalue weighted by Gasteiger charge is 2.26. The van der Waals surface area contributed by atoms with Gasteiger partial charge in [-0.05, 0) is 50.4 Å². The molecule has 0 spiro atoms. The van der Waals surface area contributed by atoms with Crippen molar-refractivity contribution in [3.05, 3.63) is 0 Å². The number of Topliss-reactive ketones (excluding diaryl/α,β-unsaturated/α-hetero) is 1. The molecule has 0 aromatic carbocycles. The molecule has 0 radical (unpaired) electrons. The number of rotatable bonds is 13. The minimum Gasteiger partial charge on any atom is -0.381 e. The Bertz CT molecular complexity index is 406. The van der Waals surface area contributed by atoms with Crippen molar-refractivity contribution in [3.63, 3.8) is 0 Å². The second-order valence-corrected chi connectivity index (χ2v) is 8.49. The molecule has 0 aromatic rings. The fourth-order valence-corrected chi connectivity index (χ4v) is 3.39. The number of ketones is 1. The first-order chi connectivity index (χ1) is 12.4. The highest BCUT2D eigenvalue weighted by Crippen LogP contribution is 2.29. The summed E-state index contributed by atoms with van der Waals surface area (Å²) < 4.78 is 5.83. The maximum absolute atomic E-state index is 12.3. The van der Waals surface area contributed by atoms with E-state index in [9.17, 15) is 9.59 Å². The number of carbonyl (C=O) groups excluding carboxylic acids is 2. The molecule has 1 rings (SSSR count). The van der Waals surface area contributed by atoms with Crippen LogP contribution in [-0.2, 0) is 14.3 Å². The van der Waals surface area contributed by atoms with Crippen LogP contribution in [0.5, 0.6) is 0 Å². The average molecular weight is 370 g/mol. The smallest absolute Gasteiger partial charge is 0.223 e. The van der Waals surface area contributed by atoms with Crippen molar-refractivity contribution < 1.29 is 15.8 Å². The van der Waals surface area contributed by atoms with Crippen LogP contribution in [0.4, 0.5) is 0 Å². The number of carbonyl (C=O) groups is 2. The van der Waals surface area contributed by atoms with Crippen molar-refractivity contribution in [2.75, 3.05) is 19.8 Å². The first-order valence-corrected chi connectivity index (χ1v) is 10.8. The number of hydrogen-bond donors (Lipinski definition) is 1.